The number of carbonyl (C=O) groups excluding carboxylic acids is 2. The number of rotatable bonds is 10. The molecule has 4 aromatic rings. The van der Waals surface area contributed by atoms with Crippen molar-refractivity contribution in [2.75, 3.05) is 20.8 Å². The highest BCUT2D eigenvalue weighted by Gasteiger charge is 2.16. The molecule has 8 heteroatoms. The number of nitrogens with zero attached hydrogens (tertiary/aromatic N) is 1. The van der Waals surface area contributed by atoms with Gasteiger partial charge in [-0.1, -0.05) is 43.0 Å². The molecule has 0 aromatic heterocycles. The summed E-state index contributed by atoms with van der Waals surface area (Å²) >= 11 is 0. The number of ether oxygens (including phenoxy) is 4. The third kappa shape index (κ3) is 5.99. The first-order valence-electron chi connectivity index (χ1n) is 11.7. The summed E-state index contributed by atoms with van der Waals surface area (Å²) in [6.07, 6.45) is 3.10. The molecule has 0 atom stereocenters. The van der Waals surface area contributed by atoms with Crippen molar-refractivity contribution in [2.45, 2.75) is 0 Å². The van der Waals surface area contributed by atoms with Gasteiger partial charge in [-0.3, -0.25) is 4.79 Å². The summed E-state index contributed by atoms with van der Waals surface area (Å²) in [7, 11) is 3.01. The molecule has 0 heterocycles. The molecule has 0 spiro atoms. The lowest BCUT2D eigenvalue weighted by atomic mass is 10.0. The number of hydrogen-bond acceptors (Lipinski definition) is 7. The molecule has 0 fully saturated rings. The summed E-state index contributed by atoms with van der Waals surface area (Å²) in [6, 6.07) is 22.5. The van der Waals surface area contributed by atoms with E-state index in [4.69, 9.17) is 18.9 Å². The van der Waals surface area contributed by atoms with E-state index >= 15 is 0 Å². The average molecular weight is 511 g/mol. The lowest BCUT2D eigenvalue weighted by Gasteiger charge is -2.12. The molecule has 192 valence electrons. The van der Waals surface area contributed by atoms with Crippen LogP contribution in [0.2, 0.25) is 0 Å². The van der Waals surface area contributed by atoms with Crippen molar-refractivity contribution >= 4 is 28.9 Å². The van der Waals surface area contributed by atoms with Gasteiger partial charge in [0.05, 0.1) is 26.0 Å². The molecule has 4 rings (SSSR count). The molecule has 1 N–H and O–H groups in total. The fraction of sp³-hybridized carbons (Fsp3) is 0.100. The van der Waals surface area contributed by atoms with Crippen LogP contribution in [0.3, 0.4) is 0 Å². The summed E-state index contributed by atoms with van der Waals surface area (Å²) in [5.74, 6) is 0.827. The number of nitrogens with one attached hydrogen (secondary N) is 1. The second-order valence-electron chi connectivity index (χ2n) is 7.98. The van der Waals surface area contributed by atoms with Crippen molar-refractivity contribution < 1.29 is 28.5 Å². The van der Waals surface area contributed by atoms with Crippen molar-refractivity contribution in [2.24, 2.45) is 5.10 Å². The van der Waals surface area contributed by atoms with Gasteiger partial charge in [0.1, 0.15) is 18.1 Å². The normalized spacial score (nSPS) is 10.7. The van der Waals surface area contributed by atoms with E-state index in [2.05, 4.69) is 17.1 Å². The molecule has 4 aromatic carbocycles. The second-order valence-corrected chi connectivity index (χ2v) is 7.98. The Labute approximate surface area is 220 Å². The van der Waals surface area contributed by atoms with Gasteiger partial charge >= 0.3 is 5.97 Å². The first-order valence-corrected chi connectivity index (χ1v) is 11.7. The Bertz CT molecular complexity index is 1490. The fourth-order valence-corrected chi connectivity index (χ4v) is 3.70. The maximum Gasteiger partial charge on any atom is 0.343 e. The summed E-state index contributed by atoms with van der Waals surface area (Å²) in [5, 5.41) is 5.85. The van der Waals surface area contributed by atoms with Crippen molar-refractivity contribution in [1.82, 2.24) is 5.43 Å². The van der Waals surface area contributed by atoms with Crippen LogP contribution >= 0.6 is 0 Å². The maximum atomic E-state index is 13.0. The number of carbonyl (C=O) groups is 2. The van der Waals surface area contributed by atoms with Crippen LogP contribution in [-0.4, -0.2) is 38.9 Å². The molecule has 0 saturated carbocycles. The van der Waals surface area contributed by atoms with E-state index in [-0.39, 0.29) is 11.3 Å². The zero-order chi connectivity index (χ0) is 26.9. The van der Waals surface area contributed by atoms with E-state index < -0.39 is 11.9 Å². The Morgan fingerprint density at radius 2 is 1.58 bits per heavy atom. The zero-order valence-electron chi connectivity index (χ0n) is 21.0. The Kier molecular flexibility index (Phi) is 8.35. The van der Waals surface area contributed by atoms with Gasteiger partial charge in [-0.15, -0.1) is 0 Å². The number of methoxy groups -OCH3 is 2. The first kappa shape index (κ1) is 26.0. The molecule has 0 radical (unpaired) electrons. The summed E-state index contributed by atoms with van der Waals surface area (Å²) in [4.78, 5) is 25.6. The minimum absolute atomic E-state index is 0.283. The van der Waals surface area contributed by atoms with Crippen LogP contribution in [-0.2, 0) is 0 Å². The Morgan fingerprint density at radius 1 is 0.868 bits per heavy atom. The lowest BCUT2D eigenvalue weighted by Crippen LogP contribution is -2.17. The minimum Gasteiger partial charge on any atom is -0.493 e. The van der Waals surface area contributed by atoms with Crippen LogP contribution in [0.1, 0.15) is 26.3 Å². The van der Waals surface area contributed by atoms with Gasteiger partial charge in [0, 0.05) is 11.1 Å². The van der Waals surface area contributed by atoms with Gasteiger partial charge in [-0.25, -0.2) is 10.2 Å². The number of amides is 1. The average Bonchev–Trinajstić information content (AvgIpc) is 2.96. The number of fused-ring (bicyclic) bond motifs is 1. The fourth-order valence-electron chi connectivity index (χ4n) is 3.70. The molecular formula is C30H26N2O6. The molecule has 0 aliphatic rings. The number of hydrogen-bond donors (Lipinski definition) is 1. The molecular weight excluding hydrogens is 484 g/mol. The number of hydrazone groups is 1. The highest BCUT2D eigenvalue weighted by molar-refractivity contribution is 6.04. The molecule has 8 nitrogen and oxygen atoms in total. The largest absolute Gasteiger partial charge is 0.493 e. The SMILES string of the molecule is C=CCOc1ccc(C(=O)N/N=C/c2c(OC(=O)c3ccc(OC)c(OC)c3)ccc3ccccc23)cc1. The second kappa shape index (κ2) is 12.2. The van der Waals surface area contributed by atoms with E-state index in [0.717, 1.165) is 10.8 Å². The quantitative estimate of drug-likeness (QED) is 0.101. The van der Waals surface area contributed by atoms with E-state index in [9.17, 15) is 9.59 Å². The van der Waals surface area contributed by atoms with Crippen molar-refractivity contribution in [3.8, 4) is 23.0 Å². The van der Waals surface area contributed by atoms with Gasteiger partial charge in [-0.2, -0.15) is 5.10 Å². The smallest absolute Gasteiger partial charge is 0.343 e. The summed E-state index contributed by atoms with van der Waals surface area (Å²) < 4.78 is 21.7. The molecule has 0 bridgehead atoms. The lowest BCUT2D eigenvalue weighted by molar-refractivity contribution is 0.0734. The third-order valence-electron chi connectivity index (χ3n) is 5.60. The van der Waals surface area contributed by atoms with Gasteiger partial charge in [-0.05, 0) is 59.3 Å². The van der Waals surface area contributed by atoms with Gasteiger partial charge < -0.3 is 18.9 Å². The van der Waals surface area contributed by atoms with Crippen LogP contribution in [0.25, 0.3) is 10.8 Å². The van der Waals surface area contributed by atoms with Crippen LogP contribution < -0.4 is 24.4 Å². The molecule has 0 unspecified atom stereocenters. The first-order chi connectivity index (χ1) is 18.5. The van der Waals surface area contributed by atoms with Crippen molar-refractivity contribution in [3.63, 3.8) is 0 Å². The predicted octanol–water partition coefficient (Wildman–Crippen LogP) is 5.40. The Morgan fingerprint density at radius 3 is 2.32 bits per heavy atom. The van der Waals surface area contributed by atoms with E-state index in [0.29, 0.717) is 35.0 Å². The highest BCUT2D eigenvalue weighted by Crippen LogP contribution is 2.30. The summed E-state index contributed by atoms with van der Waals surface area (Å²) in [6.45, 7) is 3.98. The van der Waals surface area contributed by atoms with E-state index in [1.165, 1.54) is 20.4 Å². The van der Waals surface area contributed by atoms with Crippen LogP contribution in [0.4, 0.5) is 0 Å². The standard InChI is InChI=1S/C30H26N2O6/c1-4-17-37-23-13-9-21(10-14-23)29(33)32-31-19-25-24-8-6-5-7-20(24)11-15-26(25)38-30(34)22-12-16-27(35-2)28(18-22)36-3/h4-16,18-19H,1,17H2,2-3H3,(H,32,33)/b31-19+. The summed E-state index contributed by atoms with van der Waals surface area (Å²) in [5.41, 5.74) is 3.74. The monoisotopic (exact) mass is 510 g/mol. The minimum atomic E-state index is -0.585. The number of benzene rings is 4. The molecule has 1 amide bonds. The van der Waals surface area contributed by atoms with Gasteiger partial charge in [0.25, 0.3) is 5.91 Å². The van der Waals surface area contributed by atoms with Gasteiger partial charge in [0.15, 0.2) is 11.5 Å². The maximum absolute atomic E-state index is 13.0. The molecule has 0 saturated heterocycles. The molecule has 38 heavy (non-hydrogen) atoms. The Balaban J connectivity index is 1.56. The van der Waals surface area contributed by atoms with Crippen LogP contribution in [0.15, 0.2) is 96.6 Å². The van der Waals surface area contributed by atoms with Crippen molar-refractivity contribution in [3.05, 3.63) is 108 Å². The third-order valence-corrected chi connectivity index (χ3v) is 5.60. The van der Waals surface area contributed by atoms with Gasteiger partial charge in [0.2, 0.25) is 0 Å². The molecule has 0 aliphatic carbocycles. The van der Waals surface area contributed by atoms with Crippen LogP contribution in [0, 0.1) is 0 Å². The topological polar surface area (TPSA) is 95.5 Å². The number of esters is 1. The van der Waals surface area contributed by atoms with E-state index in [1.807, 2.05) is 30.3 Å². The predicted molar refractivity (Wildman–Crippen MR) is 146 cm³/mol. The molecule has 0 aliphatic heterocycles. The highest BCUT2D eigenvalue weighted by atomic mass is 16.5. The van der Waals surface area contributed by atoms with E-state index in [1.54, 1.807) is 54.6 Å². The zero-order valence-corrected chi connectivity index (χ0v) is 21.0. The Hall–Kier alpha value is -5.11. The van der Waals surface area contributed by atoms with Crippen LogP contribution in [0.5, 0.6) is 23.0 Å². The van der Waals surface area contributed by atoms with Crippen molar-refractivity contribution in [1.29, 1.82) is 0 Å².